The molecule has 7 heteroatoms. The fourth-order valence-corrected chi connectivity index (χ4v) is 1.91. The molecule has 0 aliphatic rings. The Kier molecular flexibility index (Phi) is 8.06. The Hall–Kier alpha value is -2.10. The van der Waals surface area contributed by atoms with Crippen LogP contribution in [0.5, 0.6) is 0 Å². The number of nitriles is 1. The average molecular weight is 297 g/mol. The third-order valence-corrected chi connectivity index (χ3v) is 2.95. The Morgan fingerprint density at radius 3 is 2.14 bits per heavy atom. The van der Waals surface area contributed by atoms with Gasteiger partial charge < -0.3 is 15.7 Å². The van der Waals surface area contributed by atoms with E-state index in [2.05, 4.69) is 10.6 Å². The maximum atomic E-state index is 12.2. The molecule has 3 N–H and O–H groups in total. The zero-order chi connectivity index (χ0) is 16.6. The molecule has 0 unspecified atom stereocenters. The van der Waals surface area contributed by atoms with Crippen LogP contribution in [0.15, 0.2) is 0 Å². The third-order valence-electron chi connectivity index (χ3n) is 2.95. The number of amides is 2. The predicted molar refractivity (Wildman–Crippen MR) is 76.0 cm³/mol. The summed E-state index contributed by atoms with van der Waals surface area (Å²) < 4.78 is 0. The van der Waals surface area contributed by atoms with Crippen LogP contribution >= 0.6 is 0 Å². The van der Waals surface area contributed by atoms with Gasteiger partial charge in [-0.1, -0.05) is 20.8 Å². The highest BCUT2D eigenvalue weighted by Crippen LogP contribution is 2.10. The van der Waals surface area contributed by atoms with Crippen molar-refractivity contribution in [2.24, 2.45) is 11.8 Å². The van der Waals surface area contributed by atoms with Crippen molar-refractivity contribution in [2.45, 2.75) is 52.6 Å². The highest BCUT2D eigenvalue weighted by molar-refractivity contribution is 5.90. The molecule has 0 heterocycles. The zero-order valence-corrected chi connectivity index (χ0v) is 12.8. The minimum absolute atomic E-state index is 0.0201. The van der Waals surface area contributed by atoms with Crippen LogP contribution in [0.2, 0.25) is 0 Å². The second kappa shape index (κ2) is 8.95. The first kappa shape index (κ1) is 18.9. The molecule has 21 heavy (non-hydrogen) atoms. The first-order valence-electron chi connectivity index (χ1n) is 6.86. The normalized spacial score (nSPS) is 14.7. The fourth-order valence-electron chi connectivity index (χ4n) is 1.91. The van der Waals surface area contributed by atoms with Crippen molar-refractivity contribution in [3.05, 3.63) is 0 Å². The van der Waals surface area contributed by atoms with Gasteiger partial charge in [-0.2, -0.15) is 5.26 Å². The summed E-state index contributed by atoms with van der Waals surface area (Å²) in [5, 5.41) is 22.7. The Morgan fingerprint density at radius 1 is 1.19 bits per heavy atom. The summed E-state index contributed by atoms with van der Waals surface area (Å²) in [5.74, 6) is -2.46. The molecular formula is C14H23N3O4. The van der Waals surface area contributed by atoms with Gasteiger partial charge in [-0.15, -0.1) is 0 Å². The number of carboxylic acids is 1. The van der Waals surface area contributed by atoms with E-state index < -0.39 is 29.9 Å². The lowest BCUT2D eigenvalue weighted by atomic mass is 9.97. The minimum Gasteiger partial charge on any atom is -0.480 e. The van der Waals surface area contributed by atoms with Crippen molar-refractivity contribution in [2.75, 3.05) is 0 Å². The molecule has 0 radical (unpaired) electrons. The van der Waals surface area contributed by atoms with Crippen LogP contribution in [0.4, 0.5) is 0 Å². The summed E-state index contributed by atoms with van der Waals surface area (Å²) in [6.07, 6.45) is 0.427. The fraction of sp³-hybridized carbons (Fsp3) is 0.714. The molecule has 0 fully saturated rings. The Bertz CT molecular complexity index is 428. The van der Waals surface area contributed by atoms with E-state index in [1.807, 2.05) is 19.9 Å². The van der Waals surface area contributed by atoms with Crippen molar-refractivity contribution in [3.8, 4) is 6.07 Å². The lowest BCUT2D eigenvalue weighted by Gasteiger charge is -2.24. The highest BCUT2D eigenvalue weighted by Gasteiger charge is 2.30. The molecule has 0 aromatic heterocycles. The van der Waals surface area contributed by atoms with Crippen LogP contribution in [0.25, 0.3) is 0 Å². The van der Waals surface area contributed by atoms with Gasteiger partial charge in [0, 0.05) is 19.3 Å². The first-order valence-corrected chi connectivity index (χ1v) is 6.86. The van der Waals surface area contributed by atoms with Crippen molar-refractivity contribution in [1.29, 1.82) is 5.26 Å². The molecule has 3 atom stereocenters. The van der Waals surface area contributed by atoms with Gasteiger partial charge in [0.25, 0.3) is 0 Å². The summed E-state index contributed by atoms with van der Waals surface area (Å²) in [6.45, 7) is 6.68. The van der Waals surface area contributed by atoms with Crippen LogP contribution in [0.3, 0.4) is 0 Å². The maximum Gasteiger partial charge on any atom is 0.326 e. The molecule has 0 saturated carbocycles. The van der Waals surface area contributed by atoms with E-state index in [0.717, 1.165) is 0 Å². The van der Waals surface area contributed by atoms with Gasteiger partial charge >= 0.3 is 5.97 Å². The number of carbonyl (C=O) groups is 3. The number of hydrogen-bond acceptors (Lipinski definition) is 4. The number of carbonyl (C=O) groups excluding carboxylic acids is 2. The van der Waals surface area contributed by atoms with E-state index in [9.17, 15) is 14.4 Å². The van der Waals surface area contributed by atoms with Crippen molar-refractivity contribution in [3.63, 3.8) is 0 Å². The Morgan fingerprint density at radius 2 is 1.76 bits per heavy atom. The molecular weight excluding hydrogens is 274 g/mol. The standard InChI is InChI=1S/C14H23N3O4/c1-8(2)7-11(16-10(4)18)13(19)17-12(14(20)21)9(3)5-6-15/h8-9,11-12H,5,7H2,1-4H3,(H,16,18)(H,17,19)(H,20,21)/t9-,11+,12-/m1/s1. The van der Waals surface area contributed by atoms with Crippen molar-refractivity contribution < 1.29 is 19.5 Å². The smallest absolute Gasteiger partial charge is 0.326 e. The van der Waals surface area contributed by atoms with Gasteiger partial charge in [0.15, 0.2) is 0 Å². The minimum atomic E-state index is -1.20. The highest BCUT2D eigenvalue weighted by atomic mass is 16.4. The number of rotatable bonds is 8. The maximum absolute atomic E-state index is 12.2. The van der Waals surface area contributed by atoms with E-state index >= 15 is 0 Å². The van der Waals surface area contributed by atoms with Gasteiger partial charge in [0.1, 0.15) is 12.1 Å². The molecule has 0 aromatic carbocycles. The number of nitrogens with one attached hydrogen (secondary N) is 2. The van der Waals surface area contributed by atoms with Crippen LogP contribution in [-0.4, -0.2) is 35.0 Å². The van der Waals surface area contributed by atoms with E-state index in [1.54, 1.807) is 6.92 Å². The molecule has 0 rings (SSSR count). The Labute approximate surface area is 124 Å². The number of carboxylic acid groups (broad SMARTS) is 1. The SMILES string of the molecule is CC(=O)N[C@@H](CC(C)C)C(=O)N[C@@H](C(=O)O)[C@H](C)CC#N. The average Bonchev–Trinajstić information content (AvgIpc) is 2.33. The lowest BCUT2D eigenvalue weighted by molar-refractivity contribution is -0.143. The number of aliphatic carboxylic acids is 1. The van der Waals surface area contributed by atoms with Crippen molar-refractivity contribution >= 4 is 17.8 Å². The summed E-state index contributed by atoms with van der Waals surface area (Å²) in [6, 6.07) is -0.0459. The van der Waals surface area contributed by atoms with Gasteiger partial charge in [-0.25, -0.2) is 4.79 Å². The molecule has 0 aliphatic carbocycles. The monoisotopic (exact) mass is 297 g/mol. The number of nitrogens with zero attached hydrogens (tertiary/aromatic N) is 1. The number of hydrogen-bond donors (Lipinski definition) is 3. The second-order valence-electron chi connectivity index (χ2n) is 5.55. The Balaban J connectivity index is 4.94. The van der Waals surface area contributed by atoms with Gasteiger partial charge in [-0.3, -0.25) is 9.59 Å². The lowest BCUT2D eigenvalue weighted by Crippen LogP contribution is -2.53. The molecule has 0 aromatic rings. The van der Waals surface area contributed by atoms with Crippen LogP contribution in [0, 0.1) is 23.2 Å². The zero-order valence-electron chi connectivity index (χ0n) is 12.8. The molecule has 0 spiro atoms. The van der Waals surface area contributed by atoms with Crippen LogP contribution in [0.1, 0.15) is 40.5 Å². The second-order valence-corrected chi connectivity index (χ2v) is 5.55. The molecule has 0 bridgehead atoms. The first-order chi connectivity index (χ1) is 9.68. The van der Waals surface area contributed by atoms with E-state index in [4.69, 9.17) is 10.4 Å². The van der Waals surface area contributed by atoms with E-state index in [0.29, 0.717) is 6.42 Å². The molecule has 0 aliphatic heterocycles. The quantitative estimate of drug-likeness (QED) is 0.608. The summed E-state index contributed by atoms with van der Waals surface area (Å²) >= 11 is 0. The van der Waals surface area contributed by atoms with E-state index in [1.165, 1.54) is 6.92 Å². The summed E-state index contributed by atoms with van der Waals surface area (Å²) in [7, 11) is 0. The van der Waals surface area contributed by atoms with Gasteiger partial charge in [-0.05, 0) is 12.3 Å². The van der Waals surface area contributed by atoms with Crippen LogP contribution in [-0.2, 0) is 14.4 Å². The van der Waals surface area contributed by atoms with Gasteiger partial charge in [0.05, 0.1) is 6.07 Å². The largest absolute Gasteiger partial charge is 0.480 e. The van der Waals surface area contributed by atoms with Gasteiger partial charge in [0.2, 0.25) is 11.8 Å². The van der Waals surface area contributed by atoms with E-state index in [-0.39, 0.29) is 18.2 Å². The van der Waals surface area contributed by atoms with Crippen LogP contribution < -0.4 is 10.6 Å². The third kappa shape index (κ3) is 7.30. The topological polar surface area (TPSA) is 119 Å². The summed E-state index contributed by atoms with van der Waals surface area (Å²) in [4.78, 5) is 34.5. The molecule has 7 nitrogen and oxygen atoms in total. The summed E-state index contributed by atoms with van der Waals surface area (Å²) in [5.41, 5.74) is 0. The molecule has 0 saturated heterocycles. The molecule has 118 valence electrons. The van der Waals surface area contributed by atoms with Crippen molar-refractivity contribution in [1.82, 2.24) is 10.6 Å². The predicted octanol–water partition coefficient (Wildman–Crippen LogP) is 0.656. The molecule has 2 amide bonds.